The molecule has 1 aromatic carbocycles. The van der Waals surface area contributed by atoms with Gasteiger partial charge in [0.15, 0.2) is 0 Å². The number of carboxylic acids is 1. The zero-order valence-electron chi connectivity index (χ0n) is 11.9. The number of aromatic nitrogens is 1. The van der Waals surface area contributed by atoms with Gasteiger partial charge in [-0.2, -0.15) is 0 Å². The van der Waals surface area contributed by atoms with E-state index in [0.717, 1.165) is 17.8 Å². The van der Waals surface area contributed by atoms with Crippen molar-refractivity contribution < 1.29 is 19.0 Å². The largest absolute Gasteiger partial charge is 0.496 e. The Morgan fingerprint density at radius 2 is 2.24 bits per heavy atom. The first-order valence-corrected chi connectivity index (χ1v) is 7.41. The second-order valence-corrected chi connectivity index (χ2v) is 5.66. The van der Waals surface area contributed by atoms with E-state index < -0.39 is 5.97 Å². The smallest absolute Gasteiger partial charge is 0.347 e. The van der Waals surface area contributed by atoms with E-state index in [-0.39, 0.29) is 10.7 Å². The number of hydrogen-bond acceptors (Lipinski definition) is 4. The maximum absolute atomic E-state index is 13.4. The maximum Gasteiger partial charge on any atom is 0.347 e. The van der Waals surface area contributed by atoms with Crippen LogP contribution in [-0.4, -0.2) is 23.2 Å². The van der Waals surface area contributed by atoms with Crippen LogP contribution in [0.3, 0.4) is 0 Å². The summed E-state index contributed by atoms with van der Waals surface area (Å²) in [4.78, 5) is 15.9. The predicted molar refractivity (Wildman–Crippen MR) is 78.8 cm³/mol. The minimum atomic E-state index is -0.964. The van der Waals surface area contributed by atoms with Crippen molar-refractivity contribution in [3.05, 3.63) is 45.2 Å². The molecule has 112 valence electrons. The molecule has 2 aromatic rings. The van der Waals surface area contributed by atoms with E-state index in [1.165, 1.54) is 19.2 Å². The normalized spacial score (nSPS) is 10.6. The molecule has 0 aliphatic rings. The van der Waals surface area contributed by atoms with Crippen molar-refractivity contribution in [3.63, 3.8) is 0 Å². The number of thiazole rings is 1. The topological polar surface area (TPSA) is 59.4 Å². The molecule has 0 spiro atoms. The second kappa shape index (κ2) is 6.67. The molecule has 1 heterocycles. The molecule has 0 bridgehead atoms. The summed E-state index contributed by atoms with van der Waals surface area (Å²) >= 11 is 1.14. The monoisotopic (exact) mass is 309 g/mol. The summed E-state index contributed by atoms with van der Waals surface area (Å²) in [6.45, 7) is 1.97. The summed E-state index contributed by atoms with van der Waals surface area (Å²) < 4.78 is 18.6. The summed E-state index contributed by atoms with van der Waals surface area (Å²) in [6, 6.07) is 4.28. The molecule has 0 amide bonds. The summed E-state index contributed by atoms with van der Waals surface area (Å²) in [6.07, 6.45) is 1.81. The molecule has 0 aliphatic heterocycles. The Bertz CT molecular complexity index is 654. The van der Waals surface area contributed by atoms with Crippen LogP contribution in [-0.2, 0) is 12.8 Å². The van der Waals surface area contributed by atoms with Crippen molar-refractivity contribution in [2.24, 2.45) is 0 Å². The van der Waals surface area contributed by atoms with E-state index in [0.29, 0.717) is 34.9 Å². The summed E-state index contributed by atoms with van der Waals surface area (Å²) in [5, 5.41) is 9.85. The molecule has 0 unspecified atom stereocenters. The Hall–Kier alpha value is -1.95. The minimum Gasteiger partial charge on any atom is -0.496 e. The Morgan fingerprint density at radius 1 is 1.48 bits per heavy atom. The van der Waals surface area contributed by atoms with Crippen LogP contribution in [0.25, 0.3) is 0 Å². The number of nitrogens with zero attached hydrogens (tertiary/aromatic N) is 1. The zero-order chi connectivity index (χ0) is 15.4. The van der Waals surface area contributed by atoms with E-state index in [9.17, 15) is 14.3 Å². The fourth-order valence-corrected chi connectivity index (χ4v) is 3.07. The Morgan fingerprint density at radius 3 is 2.86 bits per heavy atom. The number of aryl methyl sites for hydroxylation is 1. The molecule has 2 rings (SSSR count). The first-order valence-electron chi connectivity index (χ1n) is 6.59. The standard InChI is InChI=1S/C15H16FNO3S/c1-3-4-11-14(15(18)19)21-13(17-11)8-9-7-10(16)5-6-12(9)20-2/h5-7H,3-4,8H2,1-2H3,(H,18,19). The molecule has 0 saturated heterocycles. The van der Waals surface area contributed by atoms with Crippen LogP contribution in [0, 0.1) is 5.82 Å². The van der Waals surface area contributed by atoms with Crippen molar-refractivity contribution in [2.45, 2.75) is 26.2 Å². The van der Waals surface area contributed by atoms with Gasteiger partial charge >= 0.3 is 5.97 Å². The van der Waals surface area contributed by atoms with Gasteiger partial charge in [-0.1, -0.05) is 13.3 Å². The van der Waals surface area contributed by atoms with Crippen LogP contribution >= 0.6 is 11.3 Å². The van der Waals surface area contributed by atoms with Crippen molar-refractivity contribution in [1.29, 1.82) is 0 Å². The maximum atomic E-state index is 13.4. The SMILES string of the molecule is CCCc1nc(Cc2cc(F)ccc2OC)sc1C(=O)O. The number of methoxy groups -OCH3 is 1. The van der Waals surface area contributed by atoms with Crippen molar-refractivity contribution >= 4 is 17.3 Å². The molecule has 6 heteroatoms. The summed E-state index contributed by atoms with van der Waals surface area (Å²) in [5.41, 5.74) is 1.26. The molecule has 0 aliphatic carbocycles. The highest BCUT2D eigenvalue weighted by Crippen LogP contribution is 2.27. The van der Waals surface area contributed by atoms with Gasteiger partial charge in [0.1, 0.15) is 16.4 Å². The highest BCUT2D eigenvalue weighted by atomic mass is 32.1. The lowest BCUT2D eigenvalue weighted by Crippen LogP contribution is -1.98. The third kappa shape index (κ3) is 3.58. The highest BCUT2D eigenvalue weighted by molar-refractivity contribution is 7.13. The van der Waals surface area contributed by atoms with Crippen LogP contribution in [0.4, 0.5) is 4.39 Å². The number of aromatic carboxylic acids is 1. The van der Waals surface area contributed by atoms with Gasteiger partial charge in [0.05, 0.1) is 17.8 Å². The second-order valence-electron chi connectivity index (χ2n) is 4.57. The number of halogens is 1. The zero-order valence-corrected chi connectivity index (χ0v) is 12.7. The summed E-state index contributed by atoms with van der Waals surface area (Å²) in [5.74, 6) is -0.747. The third-order valence-electron chi connectivity index (χ3n) is 3.01. The molecule has 21 heavy (non-hydrogen) atoms. The highest BCUT2D eigenvalue weighted by Gasteiger charge is 2.17. The molecule has 0 radical (unpaired) electrons. The quantitative estimate of drug-likeness (QED) is 0.887. The number of rotatable bonds is 6. The van der Waals surface area contributed by atoms with Gasteiger partial charge in [-0.25, -0.2) is 14.2 Å². The van der Waals surface area contributed by atoms with Crippen LogP contribution in [0.15, 0.2) is 18.2 Å². The number of benzene rings is 1. The van der Waals surface area contributed by atoms with E-state index in [1.807, 2.05) is 6.92 Å². The Kier molecular flexibility index (Phi) is 4.90. The summed E-state index contributed by atoms with van der Waals surface area (Å²) in [7, 11) is 1.52. The van der Waals surface area contributed by atoms with Gasteiger partial charge in [0.25, 0.3) is 0 Å². The number of carboxylic acid groups (broad SMARTS) is 1. The molecule has 1 aromatic heterocycles. The lowest BCUT2D eigenvalue weighted by atomic mass is 10.1. The minimum absolute atomic E-state index is 0.266. The van der Waals surface area contributed by atoms with Crippen molar-refractivity contribution in [1.82, 2.24) is 4.98 Å². The fourth-order valence-electron chi connectivity index (χ4n) is 2.10. The number of ether oxygens (including phenoxy) is 1. The number of hydrogen-bond donors (Lipinski definition) is 1. The molecular formula is C15H16FNO3S. The van der Waals surface area contributed by atoms with Crippen LogP contribution in [0.5, 0.6) is 5.75 Å². The van der Waals surface area contributed by atoms with Crippen LogP contribution in [0.1, 0.15) is 39.3 Å². The molecule has 0 fully saturated rings. The van der Waals surface area contributed by atoms with Gasteiger partial charge in [-0.3, -0.25) is 0 Å². The van der Waals surface area contributed by atoms with Crippen LogP contribution in [0.2, 0.25) is 0 Å². The molecule has 4 nitrogen and oxygen atoms in total. The molecule has 0 saturated carbocycles. The van der Waals surface area contributed by atoms with E-state index in [1.54, 1.807) is 6.07 Å². The van der Waals surface area contributed by atoms with Gasteiger partial charge < -0.3 is 9.84 Å². The van der Waals surface area contributed by atoms with Gasteiger partial charge in [-0.15, -0.1) is 11.3 Å². The Labute approximate surface area is 126 Å². The van der Waals surface area contributed by atoms with Crippen molar-refractivity contribution in [3.8, 4) is 5.75 Å². The Balaban J connectivity index is 2.33. The van der Waals surface area contributed by atoms with E-state index >= 15 is 0 Å². The first kappa shape index (κ1) is 15.4. The van der Waals surface area contributed by atoms with E-state index in [2.05, 4.69) is 4.98 Å². The lowest BCUT2D eigenvalue weighted by molar-refractivity contribution is 0.0700. The molecular weight excluding hydrogens is 293 g/mol. The average Bonchev–Trinajstić information content (AvgIpc) is 2.82. The lowest BCUT2D eigenvalue weighted by Gasteiger charge is -2.06. The predicted octanol–water partition coefficient (Wildman–Crippen LogP) is 3.53. The van der Waals surface area contributed by atoms with Gasteiger partial charge in [-0.05, 0) is 24.6 Å². The third-order valence-corrected chi connectivity index (χ3v) is 4.09. The fraction of sp³-hybridized carbons (Fsp3) is 0.333. The first-order chi connectivity index (χ1) is 10.0. The molecule has 0 atom stereocenters. The van der Waals surface area contributed by atoms with E-state index in [4.69, 9.17) is 4.74 Å². The van der Waals surface area contributed by atoms with Gasteiger partial charge in [0.2, 0.25) is 0 Å². The average molecular weight is 309 g/mol. The van der Waals surface area contributed by atoms with Gasteiger partial charge in [0, 0.05) is 12.0 Å². The van der Waals surface area contributed by atoms with Crippen LogP contribution < -0.4 is 4.74 Å². The number of carbonyl (C=O) groups is 1. The molecule has 1 N–H and O–H groups in total. The van der Waals surface area contributed by atoms with Crippen molar-refractivity contribution in [2.75, 3.05) is 7.11 Å².